The molecule has 0 aromatic carbocycles. The Kier molecular flexibility index (Phi) is 5.03. The van der Waals surface area contributed by atoms with E-state index in [1.165, 1.54) is 6.33 Å². The van der Waals surface area contributed by atoms with Crippen molar-refractivity contribution < 1.29 is 9.53 Å². The van der Waals surface area contributed by atoms with Gasteiger partial charge in [0.1, 0.15) is 11.9 Å². The number of rotatable bonds is 4. The first kappa shape index (κ1) is 14.4. The van der Waals surface area contributed by atoms with Crippen LogP contribution in [-0.4, -0.2) is 34.2 Å². The molecule has 1 rings (SSSR count). The van der Waals surface area contributed by atoms with E-state index in [4.69, 9.17) is 10.5 Å². The lowest BCUT2D eigenvalue weighted by Gasteiger charge is -2.20. The van der Waals surface area contributed by atoms with Gasteiger partial charge in [-0.3, -0.25) is 0 Å². The van der Waals surface area contributed by atoms with Crippen molar-refractivity contribution in [3.63, 3.8) is 0 Å². The summed E-state index contributed by atoms with van der Waals surface area (Å²) in [7, 11) is 0. The van der Waals surface area contributed by atoms with Crippen molar-refractivity contribution in [2.24, 2.45) is 5.73 Å². The highest BCUT2D eigenvalue weighted by molar-refractivity contribution is 5.67. The molecule has 6 nitrogen and oxygen atoms in total. The maximum atomic E-state index is 11.4. The van der Waals surface area contributed by atoms with Crippen molar-refractivity contribution in [1.82, 2.24) is 15.3 Å². The number of ether oxygens (including phenoxy) is 1. The average molecular weight is 252 g/mol. The molecule has 18 heavy (non-hydrogen) atoms. The molecule has 0 radical (unpaired) electrons. The molecule has 6 heteroatoms. The van der Waals surface area contributed by atoms with E-state index in [2.05, 4.69) is 15.3 Å². The van der Waals surface area contributed by atoms with Gasteiger partial charge in [0.05, 0.1) is 0 Å². The van der Waals surface area contributed by atoms with E-state index in [0.29, 0.717) is 13.0 Å². The standard InChI is InChI=1S/C12H20N4O2/c1-12(2,3)18-11(17)16-7-10(13)4-9-5-14-8-15-6-9/h5-6,8,10H,4,7,13H2,1-3H3,(H,16,17). The summed E-state index contributed by atoms with van der Waals surface area (Å²) in [6.07, 6.45) is 5.04. The molecule has 3 N–H and O–H groups in total. The fraction of sp³-hybridized carbons (Fsp3) is 0.583. The van der Waals surface area contributed by atoms with Crippen LogP contribution in [0.15, 0.2) is 18.7 Å². The van der Waals surface area contributed by atoms with Crippen LogP contribution in [0, 0.1) is 0 Å². The van der Waals surface area contributed by atoms with Gasteiger partial charge in [0.25, 0.3) is 0 Å². The fourth-order valence-corrected chi connectivity index (χ4v) is 1.34. The summed E-state index contributed by atoms with van der Waals surface area (Å²) in [4.78, 5) is 19.2. The van der Waals surface area contributed by atoms with Gasteiger partial charge in [0.2, 0.25) is 0 Å². The quantitative estimate of drug-likeness (QED) is 0.830. The molecule has 0 spiro atoms. The van der Waals surface area contributed by atoms with Crippen molar-refractivity contribution in [2.75, 3.05) is 6.54 Å². The Balaban J connectivity index is 2.29. The SMILES string of the molecule is CC(C)(C)OC(=O)NCC(N)Cc1cncnc1. The molecule has 1 heterocycles. The van der Waals surface area contributed by atoms with Crippen molar-refractivity contribution in [3.05, 3.63) is 24.3 Å². The predicted molar refractivity (Wildman–Crippen MR) is 67.9 cm³/mol. The summed E-state index contributed by atoms with van der Waals surface area (Å²) >= 11 is 0. The molecule has 1 amide bonds. The maximum absolute atomic E-state index is 11.4. The monoisotopic (exact) mass is 252 g/mol. The third-order valence-corrected chi connectivity index (χ3v) is 2.02. The number of nitrogens with two attached hydrogens (primary N) is 1. The second-order valence-electron chi connectivity index (χ2n) is 5.09. The number of aromatic nitrogens is 2. The van der Waals surface area contributed by atoms with Crippen molar-refractivity contribution >= 4 is 6.09 Å². The Bertz CT molecular complexity index is 375. The number of nitrogens with one attached hydrogen (secondary N) is 1. The zero-order valence-electron chi connectivity index (χ0n) is 11.0. The highest BCUT2D eigenvalue weighted by atomic mass is 16.6. The van der Waals surface area contributed by atoms with E-state index in [-0.39, 0.29) is 6.04 Å². The molecular weight excluding hydrogens is 232 g/mol. The van der Waals surface area contributed by atoms with Gasteiger partial charge in [-0.2, -0.15) is 0 Å². The first-order valence-corrected chi connectivity index (χ1v) is 5.83. The van der Waals surface area contributed by atoms with Crippen LogP contribution in [0.2, 0.25) is 0 Å². The van der Waals surface area contributed by atoms with E-state index in [0.717, 1.165) is 5.56 Å². The fourth-order valence-electron chi connectivity index (χ4n) is 1.34. The van der Waals surface area contributed by atoms with Crippen LogP contribution in [0.1, 0.15) is 26.3 Å². The van der Waals surface area contributed by atoms with Crippen molar-refractivity contribution in [1.29, 1.82) is 0 Å². The molecule has 1 atom stereocenters. The minimum absolute atomic E-state index is 0.191. The Morgan fingerprint density at radius 2 is 2.06 bits per heavy atom. The van der Waals surface area contributed by atoms with Crippen LogP contribution in [0.25, 0.3) is 0 Å². The smallest absolute Gasteiger partial charge is 0.407 e. The zero-order valence-corrected chi connectivity index (χ0v) is 11.0. The van der Waals surface area contributed by atoms with E-state index < -0.39 is 11.7 Å². The number of carbonyl (C=O) groups is 1. The molecule has 1 aromatic rings. The van der Waals surface area contributed by atoms with E-state index >= 15 is 0 Å². The zero-order chi connectivity index (χ0) is 13.6. The molecule has 0 aliphatic rings. The van der Waals surface area contributed by atoms with Crippen LogP contribution in [-0.2, 0) is 11.2 Å². The molecule has 0 aliphatic carbocycles. The lowest BCUT2D eigenvalue weighted by molar-refractivity contribution is 0.0524. The molecule has 1 unspecified atom stereocenters. The number of carbonyl (C=O) groups excluding carboxylic acids is 1. The lowest BCUT2D eigenvalue weighted by Crippen LogP contribution is -2.41. The average Bonchev–Trinajstić information content (AvgIpc) is 2.25. The molecule has 0 aliphatic heterocycles. The number of hydrogen-bond acceptors (Lipinski definition) is 5. The largest absolute Gasteiger partial charge is 0.444 e. The van der Waals surface area contributed by atoms with Crippen LogP contribution < -0.4 is 11.1 Å². The molecule has 0 saturated carbocycles. The number of nitrogens with zero attached hydrogens (tertiary/aromatic N) is 2. The summed E-state index contributed by atoms with van der Waals surface area (Å²) in [6.45, 7) is 5.79. The Morgan fingerprint density at radius 3 is 2.61 bits per heavy atom. The van der Waals surface area contributed by atoms with Gasteiger partial charge in [0.15, 0.2) is 0 Å². The predicted octanol–water partition coefficient (Wildman–Crippen LogP) is 0.871. The third-order valence-electron chi connectivity index (χ3n) is 2.02. The second-order valence-corrected chi connectivity index (χ2v) is 5.09. The van der Waals surface area contributed by atoms with Gasteiger partial charge >= 0.3 is 6.09 Å². The van der Waals surface area contributed by atoms with Gasteiger partial charge in [-0.1, -0.05) is 0 Å². The summed E-state index contributed by atoms with van der Waals surface area (Å²) in [5.41, 5.74) is 6.33. The Morgan fingerprint density at radius 1 is 1.44 bits per heavy atom. The van der Waals surface area contributed by atoms with Gasteiger partial charge < -0.3 is 15.8 Å². The molecule has 0 bridgehead atoms. The van der Waals surface area contributed by atoms with Crippen LogP contribution in [0.5, 0.6) is 0 Å². The first-order chi connectivity index (χ1) is 8.37. The van der Waals surface area contributed by atoms with E-state index in [1.54, 1.807) is 12.4 Å². The van der Waals surface area contributed by atoms with Gasteiger partial charge in [0, 0.05) is 25.0 Å². The number of alkyl carbamates (subject to hydrolysis) is 1. The van der Waals surface area contributed by atoms with E-state index in [9.17, 15) is 4.79 Å². The van der Waals surface area contributed by atoms with Crippen LogP contribution in [0.4, 0.5) is 4.79 Å². The normalized spacial score (nSPS) is 12.9. The van der Waals surface area contributed by atoms with Crippen molar-refractivity contribution in [3.8, 4) is 0 Å². The number of amides is 1. The van der Waals surface area contributed by atoms with Gasteiger partial charge in [-0.05, 0) is 32.8 Å². The van der Waals surface area contributed by atoms with Crippen molar-refractivity contribution in [2.45, 2.75) is 38.8 Å². The maximum Gasteiger partial charge on any atom is 0.407 e. The minimum atomic E-state index is -0.499. The van der Waals surface area contributed by atoms with Gasteiger partial charge in [-0.15, -0.1) is 0 Å². The Labute approximate surface area is 107 Å². The molecular formula is C12H20N4O2. The third kappa shape index (κ3) is 6.15. The summed E-state index contributed by atoms with van der Waals surface area (Å²) in [5.74, 6) is 0. The minimum Gasteiger partial charge on any atom is -0.444 e. The summed E-state index contributed by atoms with van der Waals surface area (Å²) < 4.78 is 5.11. The molecule has 0 fully saturated rings. The first-order valence-electron chi connectivity index (χ1n) is 5.83. The highest BCUT2D eigenvalue weighted by Crippen LogP contribution is 2.06. The molecule has 0 saturated heterocycles. The summed E-state index contributed by atoms with van der Waals surface area (Å²) in [5, 5.41) is 2.63. The van der Waals surface area contributed by atoms with Crippen LogP contribution >= 0.6 is 0 Å². The van der Waals surface area contributed by atoms with Gasteiger partial charge in [-0.25, -0.2) is 14.8 Å². The molecule has 100 valence electrons. The summed E-state index contributed by atoms with van der Waals surface area (Å²) in [6, 6.07) is -0.191. The number of hydrogen-bond donors (Lipinski definition) is 2. The Hall–Kier alpha value is -1.69. The second kappa shape index (κ2) is 6.30. The highest BCUT2D eigenvalue weighted by Gasteiger charge is 2.16. The van der Waals surface area contributed by atoms with E-state index in [1.807, 2.05) is 20.8 Å². The van der Waals surface area contributed by atoms with Crippen LogP contribution in [0.3, 0.4) is 0 Å². The molecule has 1 aromatic heterocycles. The lowest BCUT2D eigenvalue weighted by atomic mass is 10.1. The topological polar surface area (TPSA) is 90.1 Å².